The molecule has 2 aromatic heterocycles. The van der Waals surface area contributed by atoms with E-state index in [0.717, 1.165) is 11.1 Å². The summed E-state index contributed by atoms with van der Waals surface area (Å²) in [5.41, 5.74) is 2.20. The fourth-order valence-corrected chi connectivity index (χ4v) is 9.77. The summed E-state index contributed by atoms with van der Waals surface area (Å²) in [6.45, 7) is 7.12. The summed E-state index contributed by atoms with van der Waals surface area (Å²) in [5, 5.41) is 20.6. The van der Waals surface area contributed by atoms with Gasteiger partial charge in [-0.3, -0.25) is 18.6 Å². The molecule has 2 amide bonds. The molecule has 0 radical (unpaired) electrons. The van der Waals surface area contributed by atoms with E-state index in [-0.39, 0.29) is 50.5 Å². The molecule has 0 saturated heterocycles. The van der Waals surface area contributed by atoms with Crippen LogP contribution in [0.3, 0.4) is 0 Å². The van der Waals surface area contributed by atoms with Crippen LogP contribution in [0.15, 0.2) is 47.3 Å². The lowest BCUT2D eigenvalue weighted by Crippen LogP contribution is -2.44. The van der Waals surface area contributed by atoms with Crippen molar-refractivity contribution in [2.24, 2.45) is 0 Å². The standard InChI is InChI=1S/C45H55FN5O12P/c1-5-45(56)32-20-36-41-30(23-51(36)42(53)31(32)25-60-43(45)54)40-34(17-16-29-27(4)33(46)21-35(50-41)39(29)40)49-37(52)26-63-64(57,48-22-38(58-6-2)59-7-3)62-19-13-9-12-18-47-44(55)61-24-28-14-10-8-11-15-28/h8,10-11,14-15,20-21,34,38,56H,5-7,9,12-13,16-19,22-26H2,1-4H3,(H,47,55)(H,48,57)(H,49,52)/t34-,45-,64?/m0/s1. The summed E-state index contributed by atoms with van der Waals surface area (Å²) >= 11 is 0. The summed E-state index contributed by atoms with van der Waals surface area (Å²) in [4.78, 5) is 57.6. The van der Waals surface area contributed by atoms with Crippen molar-refractivity contribution in [2.75, 3.05) is 39.5 Å². The number of hydrogen-bond donors (Lipinski definition) is 4. The van der Waals surface area contributed by atoms with Crippen molar-refractivity contribution < 1.29 is 56.4 Å². The summed E-state index contributed by atoms with van der Waals surface area (Å²) < 4.78 is 64.3. The first-order valence-corrected chi connectivity index (χ1v) is 23.3. The zero-order valence-corrected chi connectivity index (χ0v) is 37.4. The zero-order chi connectivity index (χ0) is 45.6. The second-order valence-corrected chi connectivity index (χ2v) is 17.7. The highest BCUT2D eigenvalue weighted by Crippen LogP contribution is 2.47. The van der Waals surface area contributed by atoms with E-state index in [1.807, 2.05) is 30.3 Å². The lowest BCUT2D eigenvalue weighted by Gasteiger charge is -2.31. The quantitative estimate of drug-likeness (QED) is 0.0294. The van der Waals surface area contributed by atoms with E-state index in [4.69, 9.17) is 33.0 Å². The van der Waals surface area contributed by atoms with Crippen molar-refractivity contribution >= 4 is 36.6 Å². The Morgan fingerprint density at radius 2 is 1.81 bits per heavy atom. The maximum atomic E-state index is 15.4. The highest BCUT2D eigenvalue weighted by atomic mass is 31.2. The Bertz CT molecular complexity index is 2500. The predicted octanol–water partition coefficient (Wildman–Crippen LogP) is 5.86. The number of carbonyl (C=O) groups excluding carboxylic acids is 3. The number of aryl methyl sites for hydroxylation is 1. The van der Waals surface area contributed by atoms with Gasteiger partial charge in [-0.05, 0) is 87.6 Å². The Morgan fingerprint density at radius 1 is 1.05 bits per heavy atom. The maximum Gasteiger partial charge on any atom is 0.407 e. The van der Waals surface area contributed by atoms with E-state index in [1.54, 1.807) is 33.8 Å². The lowest BCUT2D eigenvalue weighted by atomic mass is 9.81. The van der Waals surface area contributed by atoms with Crippen LogP contribution < -0.4 is 21.3 Å². The van der Waals surface area contributed by atoms with Gasteiger partial charge in [0, 0.05) is 42.3 Å². The van der Waals surface area contributed by atoms with E-state index in [1.165, 1.54) is 10.6 Å². The molecule has 344 valence electrons. The number of aliphatic hydroxyl groups is 1. The molecule has 1 unspecified atom stereocenters. The van der Waals surface area contributed by atoms with E-state index >= 15 is 4.39 Å². The number of alkyl carbamates (subject to hydrolysis) is 1. The number of esters is 1. The predicted molar refractivity (Wildman–Crippen MR) is 231 cm³/mol. The van der Waals surface area contributed by atoms with Gasteiger partial charge in [0.25, 0.3) is 5.56 Å². The van der Waals surface area contributed by atoms with Gasteiger partial charge in [0.1, 0.15) is 25.6 Å². The van der Waals surface area contributed by atoms with Crippen LogP contribution in [0.5, 0.6) is 0 Å². The van der Waals surface area contributed by atoms with Crippen LogP contribution in [0.4, 0.5) is 9.18 Å². The molecular weight excluding hydrogens is 852 g/mol. The molecule has 0 saturated carbocycles. The molecule has 0 spiro atoms. The Morgan fingerprint density at radius 3 is 2.55 bits per heavy atom. The minimum Gasteiger partial charge on any atom is -0.458 e. The third-order valence-electron chi connectivity index (χ3n) is 11.8. The number of ether oxygens (including phenoxy) is 4. The number of rotatable bonds is 21. The molecule has 7 rings (SSSR count). The third-order valence-corrected chi connectivity index (χ3v) is 13.4. The number of amides is 2. The van der Waals surface area contributed by atoms with Gasteiger partial charge >= 0.3 is 19.8 Å². The minimum atomic E-state index is -4.14. The molecule has 2 aromatic carbocycles. The Labute approximate surface area is 369 Å². The highest BCUT2D eigenvalue weighted by Gasteiger charge is 2.46. The molecule has 0 bridgehead atoms. The number of nitrogens with zero attached hydrogens (tertiary/aromatic N) is 2. The highest BCUT2D eigenvalue weighted by molar-refractivity contribution is 7.51. The van der Waals surface area contributed by atoms with Gasteiger partial charge in [-0.1, -0.05) is 37.3 Å². The van der Waals surface area contributed by atoms with Crippen LogP contribution in [0.25, 0.3) is 22.3 Å². The molecule has 4 aromatic rings. The fraction of sp³-hybridized carbons (Fsp3) is 0.489. The van der Waals surface area contributed by atoms with Crippen molar-refractivity contribution in [1.29, 1.82) is 0 Å². The first kappa shape index (κ1) is 46.9. The van der Waals surface area contributed by atoms with Gasteiger partial charge in [-0.25, -0.2) is 28.6 Å². The normalized spacial score (nSPS) is 18.2. The van der Waals surface area contributed by atoms with Crippen LogP contribution in [-0.4, -0.2) is 78.4 Å². The molecule has 0 fully saturated rings. The van der Waals surface area contributed by atoms with Crippen molar-refractivity contribution in [2.45, 2.75) is 104 Å². The van der Waals surface area contributed by atoms with Crippen LogP contribution in [0.1, 0.15) is 97.9 Å². The van der Waals surface area contributed by atoms with E-state index in [9.17, 15) is 28.8 Å². The molecule has 2 aliphatic heterocycles. The molecule has 17 nitrogen and oxygen atoms in total. The van der Waals surface area contributed by atoms with Crippen LogP contribution in [-0.2, 0) is 73.9 Å². The number of nitrogens with one attached hydrogen (secondary N) is 3. The first-order chi connectivity index (χ1) is 30.8. The molecule has 19 heteroatoms. The van der Waals surface area contributed by atoms with Gasteiger partial charge in [0.05, 0.1) is 48.2 Å². The summed E-state index contributed by atoms with van der Waals surface area (Å²) in [6, 6.07) is 11.6. The summed E-state index contributed by atoms with van der Waals surface area (Å²) in [6.07, 6.45) is 1.12. The van der Waals surface area contributed by atoms with Gasteiger partial charge in [0.2, 0.25) is 5.91 Å². The van der Waals surface area contributed by atoms with Crippen molar-refractivity contribution in [3.05, 3.63) is 97.6 Å². The van der Waals surface area contributed by atoms with Crippen molar-refractivity contribution in [3.8, 4) is 11.4 Å². The number of carbonyl (C=O) groups is 3. The molecular formula is C45H55FN5O12P. The number of unbranched alkanes of at least 4 members (excludes halogenated alkanes) is 2. The van der Waals surface area contributed by atoms with E-state index in [2.05, 4.69) is 15.7 Å². The number of aromatic nitrogens is 2. The summed E-state index contributed by atoms with van der Waals surface area (Å²) in [5.74, 6) is -1.91. The number of hydrogen-bond acceptors (Lipinski definition) is 13. The van der Waals surface area contributed by atoms with Crippen LogP contribution in [0, 0.1) is 12.7 Å². The second kappa shape index (κ2) is 20.4. The van der Waals surface area contributed by atoms with E-state index in [0.29, 0.717) is 90.8 Å². The van der Waals surface area contributed by atoms with Crippen molar-refractivity contribution in [3.63, 3.8) is 0 Å². The van der Waals surface area contributed by atoms with E-state index < -0.39 is 61.6 Å². The zero-order valence-electron chi connectivity index (χ0n) is 36.5. The van der Waals surface area contributed by atoms with Crippen molar-refractivity contribution in [1.82, 2.24) is 25.3 Å². The second-order valence-electron chi connectivity index (χ2n) is 15.8. The van der Waals surface area contributed by atoms with Crippen LogP contribution >= 0.6 is 7.75 Å². The molecule has 64 heavy (non-hydrogen) atoms. The number of pyridine rings is 2. The topological polar surface area (TPSA) is 215 Å². The van der Waals surface area contributed by atoms with Gasteiger partial charge in [-0.2, -0.15) is 0 Å². The maximum absolute atomic E-state index is 15.4. The average molecular weight is 908 g/mol. The number of cyclic esters (lactones) is 1. The SMILES string of the molecule is CCOC(CNP(=O)(OCCCCCNC(=O)OCc1ccccc1)OCC(=O)N[C@H]1CCc2c(C)c(F)cc3nc4c(c1c23)Cn1c-4cc2c(c1=O)COC(=O)[C@]2(O)CC)OCC. The molecule has 4 heterocycles. The van der Waals surface area contributed by atoms with Gasteiger partial charge < -0.3 is 39.3 Å². The lowest BCUT2D eigenvalue weighted by molar-refractivity contribution is -0.172. The minimum absolute atomic E-state index is 0.00798. The molecule has 4 N–H and O–H groups in total. The molecule has 3 aliphatic rings. The Kier molecular flexibility index (Phi) is 15.0. The van der Waals surface area contributed by atoms with Gasteiger partial charge in [0.15, 0.2) is 11.9 Å². The Balaban J connectivity index is 1.05. The fourth-order valence-electron chi connectivity index (χ4n) is 8.48. The number of fused-ring (bicyclic) bond motifs is 5. The number of halogens is 1. The average Bonchev–Trinajstić information content (AvgIpc) is 3.66. The Hall–Kier alpha value is -5.07. The third kappa shape index (κ3) is 9.93. The van der Waals surface area contributed by atoms with Crippen LogP contribution in [0.2, 0.25) is 0 Å². The first-order valence-electron chi connectivity index (χ1n) is 21.7. The molecule has 3 atom stereocenters. The van der Waals surface area contributed by atoms with Gasteiger partial charge in [-0.15, -0.1) is 0 Å². The summed E-state index contributed by atoms with van der Waals surface area (Å²) in [7, 11) is -4.14. The molecule has 1 aliphatic carbocycles. The largest absolute Gasteiger partial charge is 0.458 e. The monoisotopic (exact) mass is 907 g/mol. The number of benzene rings is 2. The smallest absolute Gasteiger partial charge is 0.407 e.